The van der Waals surface area contributed by atoms with Gasteiger partial charge in [0.1, 0.15) is 17.6 Å². The number of hydrogen-bond donors (Lipinski definition) is 2. The standard InChI is InChI=1S/C23H23N5O3S/c1-27-13-11-24-21(27)20(15-6-5-7-16(14-15)31-2)26-19(29)10-12-28-22(30)17-8-3-4-9-18(17)25-23(28)32/h3-9,11,13-14,20H,10,12H2,1-2H3,(H,25,32)(H,26,29). The Morgan fingerprint density at radius 1 is 1.25 bits per heavy atom. The fourth-order valence-corrected chi connectivity index (χ4v) is 3.91. The lowest BCUT2D eigenvalue weighted by molar-refractivity contribution is -0.121. The number of para-hydroxylation sites is 1. The van der Waals surface area contributed by atoms with E-state index in [1.807, 2.05) is 48.1 Å². The van der Waals surface area contributed by atoms with Crippen LogP contribution in [0.3, 0.4) is 0 Å². The van der Waals surface area contributed by atoms with Crippen LogP contribution in [0, 0.1) is 4.77 Å². The molecule has 0 fully saturated rings. The maximum Gasteiger partial charge on any atom is 0.262 e. The average Bonchev–Trinajstić information content (AvgIpc) is 3.22. The summed E-state index contributed by atoms with van der Waals surface area (Å²) >= 11 is 5.34. The predicted octanol–water partition coefficient (Wildman–Crippen LogP) is 3.10. The molecule has 0 bridgehead atoms. The molecule has 0 saturated heterocycles. The zero-order chi connectivity index (χ0) is 22.7. The number of fused-ring (bicyclic) bond motifs is 1. The van der Waals surface area contributed by atoms with E-state index in [4.69, 9.17) is 17.0 Å². The fraction of sp³-hybridized carbons (Fsp3) is 0.217. The van der Waals surface area contributed by atoms with Gasteiger partial charge in [-0.1, -0.05) is 24.3 Å². The van der Waals surface area contributed by atoms with E-state index in [0.29, 0.717) is 22.5 Å². The number of carbonyl (C=O) groups is 1. The predicted molar refractivity (Wildman–Crippen MR) is 124 cm³/mol. The molecular weight excluding hydrogens is 426 g/mol. The molecule has 0 aliphatic carbocycles. The molecule has 32 heavy (non-hydrogen) atoms. The van der Waals surface area contributed by atoms with Crippen LogP contribution >= 0.6 is 12.2 Å². The zero-order valence-electron chi connectivity index (χ0n) is 17.7. The number of benzene rings is 2. The quantitative estimate of drug-likeness (QED) is 0.423. The van der Waals surface area contributed by atoms with Crippen molar-refractivity contribution in [1.82, 2.24) is 24.4 Å². The molecule has 4 aromatic rings. The first-order valence-corrected chi connectivity index (χ1v) is 10.5. The first-order chi connectivity index (χ1) is 15.5. The molecule has 1 unspecified atom stereocenters. The van der Waals surface area contributed by atoms with Crippen LogP contribution < -0.4 is 15.6 Å². The van der Waals surface area contributed by atoms with Crippen LogP contribution in [0.5, 0.6) is 5.75 Å². The van der Waals surface area contributed by atoms with Crippen LogP contribution in [0.15, 0.2) is 65.7 Å². The normalized spacial score (nSPS) is 11.9. The summed E-state index contributed by atoms with van der Waals surface area (Å²) in [7, 11) is 3.47. The summed E-state index contributed by atoms with van der Waals surface area (Å²) in [6.45, 7) is 0.163. The molecule has 0 aliphatic heterocycles. The Morgan fingerprint density at radius 3 is 2.81 bits per heavy atom. The second kappa shape index (κ2) is 9.19. The maximum absolute atomic E-state index is 12.9. The highest BCUT2D eigenvalue weighted by atomic mass is 32.1. The summed E-state index contributed by atoms with van der Waals surface area (Å²) in [5, 5.41) is 3.57. The van der Waals surface area contributed by atoms with Gasteiger partial charge in [-0.2, -0.15) is 0 Å². The molecule has 0 aliphatic rings. The van der Waals surface area contributed by atoms with Gasteiger partial charge in [-0.15, -0.1) is 0 Å². The number of rotatable bonds is 7. The molecule has 0 radical (unpaired) electrons. The molecule has 0 spiro atoms. The minimum atomic E-state index is -0.472. The van der Waals surface area contributed by atoms with Crippen LogP contribution in [-0.2, 0) is 18.4 Å². The Labute approximate surface area is 189 Å². The highest BCUT2D eigenvalue weighted by Gasteiger charge is 2.21. The monoisotopic (exact) mass is 449 g/mol. The Bertz CT molecular complexity index is 1390. The van der Waals surface area contributed by atoms with E-state index in [0.717, 1.165) is 5.56 Å². The first kappa shape index (κ1) is 21.5. The smallest absolute Gasteiger partial charge is 0.262 e. The van der Waals surface area contributed by atoms with Crippen molar-refractivity contribution in [3.05, 3.63) is 87.4 Å². The zero-order valence-corrected chi connectivity index (χ0v) is 18.6. The molecule has 164 valence electrons. The molecule has 2 aromatic heterocycles. The number of hydrogen-bond acceptors (Lipinski definition) is 5. The van der Waals surface area contributed by atoms with Crippen molar-refractivity contribution in [2.75, 3.05) is 7.11 Å². The molecule has 1 amide bonds. The van der Waals surface area contributed by atoms with Gasteiger partial charge in [0.15, 0.2) is 4.77 Å². The highest BCUT2D eigenvalue weighted by molar-refractivity contribution is 7.71. The lowest BCUT2D eigenvalue weighted by Crippen LogP contribution is -2.33. The van der Waals surface area contributed by atoms with Crippen LogP contribution in [-0.4, -0.2) is 32.1 Å². The van der Waals surface area contributed by atoms with E-state index >= 15 is 0 Å². The van der Waals surface area contributed by atoms with Gasteiger partial charge in [-0.3, -0.25) is 14.2 Å². The van der Waals surface area contributed by atoms with E-state index in [1.54, 1.807) is 31.5 Å². The lowest BCUT2D eigenvalue weighted by atomic mass is 10.1. The number of aryl methyl sites for hydroxylation is 1. The van der Waals surface area contributed by atoms with Crippen LogP contribution in [0.25, 0.3) is 10.9 Å². The largest absolute Gasteiger partial charge is 0.497 e. The number of nitrogens with zero attached hydrogens (tertiary/aromatic N) is 3. The molecule has 2 aromatic carbocycles. The maximum atomic E-state index is 12.9. The van der Waals surface area contributed by atoms with Crippen molar-refractivity contribution in [2.24, 2.45) is 7.05 Å². The summed E-state index contributed by atoms with van der Waals surface area (Å²) in [6, 6.07) is 14.2. The van der Waals surface area contributed by atoms with Gasteiger partial charge in [0.2, 0.25) is 5.91 Å². The van der Waals surface area contributed by atoms with E-state index < -0.39 is 6.04 Å². The number of ether oxygens (including phenoxy) is 1. The Balaban J connectivity index is 1.57. The van der Waals surface area contributed by atoms with Gasteiger partial charge in [0, 0.05) is 32.4 Å². The summed E-state index contributed by atoms with van der Waals surface area (Å²) in [6.07, 6.45) is 3.59. The second-order valence-corrected chi connectivity index (χ2v) is 7.74. The van der Waals surface area contributed by atoms with Gasteiger partial charge < -0.3 is 19.6 Å². The SMILES string of the molecule is COc1cccc(C(NC(=O)CCn2c(=S)[nH]c3ccccc3c2=O)c2nccn2C)c1. The van der Waals surface area contributed by atoms with Crippen LogP contribution in [0.1, 0.15) is 23.9 Å². The molecule has 8 nitrogen and oxygen atoms in total. The minimum Gasteiger partial charge on any atom is -0.497 e. The van der Waals surface area contributed by atoms with Gasteiger partial charge >= 0.3 is 0 Å². The first-order valence-electron chi connectivity index (χ1n) is 10.1. The highest BCUT2D eigenvalue weighted by Crippen LogP contribution is 2.24. The summed E-state index contributed by atoms with van der Waals surface area (Å²) in [5.74, 6) is 1.15. The number of aromatic amines is 1. The van der Waals surface area contributed by atoms with E-state index in [-0.39, 0.29) is 29.2 Å². The van der Waals surface area contributed by atoms with Gasteiger partial charge in [-0.25, -0.2) is 4.98 Å². The third-order valence-electron chi connectivity index (χ3n) is 5.30. The number of carbonyl (C=O) groups excluding carboxylic acids is 1. The Kier molecular flexibility index (Phi) is 6.18. The van der Waals surface area contributed by atoms with Crippen molar-refractivity contribution >= 4 is 29.0 Å². The van der Waals surface area contributed by atoms with Crippen LogP contribution in [0.2, 0.25) is 0 Å². The molecule has 1 atom stereocenters. The topological polar surface area (TPSA) is 93.9 Å². The van der Waals surface area contributed by atoms with Crippen molar-refractivity contribution in [2.45, 2.75) is 19.0 Å². The third kappa shape index (κ3) is 4.33. The van der Waals surface area contributed by atoms with E-state index in [2.05, 4.69) is 15.3 Å². The molecule has 9 heteroatoms. The molecular formula is C23H23N5O3S. The number of methoxy groups -OCH3 is 1. The Hall–Kier alpha value is -3.72. The molecule has 2 heterocycles. The molecule has 2 N–H and O–H groups in total. The average molecular weight is 450 g/mol. The van der Waals surface area contributed by atoms with Gasteiger partial charge in [0.25, 0.3) is 5.56 Å². The number of amides is 1. The Morgan fingerprint density at radius 2 is 2.06 bits per heavy atom. The number of nitrogens with one attached hydrogen (secondary N) is 2. The number of H-pyrrole nitrogens is 1. The third-order valence-corrected chi connectivity index (χ3v) is 5.62. The van der Waals surface area contributed by atoms with Crippen molar-refractivity contribution < 1.29 is 9.53 Å². The van der Waals surface area contributed by atoms with Gasteiger partial charge in [0.05, 0.1) is 18.0 Å². The number of imidazole rings is 1. The minimum absolute atomic E-state index is 0.0839. The van der Waals surface area contributed by atoms with E-state index in [9.17, 15) is 9.59 Å². The van der Waals surface area contributed by atoms with Gasteiger partial charge in [-0.05, 0) is 42.0 Å². The van der Waals surface area contributed by atoms with Crippen molar-refractivity contribution in [3.8, 4) is 5.75 Å². The van der Waals surface area contributed by atoms with Crippen molar-refractivity contribution in [3.63, 3.8) is 0 Å². The fourth-order valence-electron chi connectivity index (χ4n) is 3.62. The molecule has 0 saturated carbocycles. The summed E-state index contributed by atoms with van der Waals surface area (Å²) in [4.78, 5) is 33.2. The van der Waals surface area contributed by atoms with Crippen molar-refractivity contribution in [1.29, 1.82) is 0 Å². The second-order valence-electron chi connectivity index (χ2n) is 7.36. The number of aromatic nitrogens is 4. The molecule has 4 rings (SSSR count). The van der Waals surface area contributed by atoms with E-state index in [1.165, 1.54) is 4.57 Å². The van der Waals surface area contributed by atoms with Crippen LogP contribution in [0.4, 0.5) is 0 Å². The lowest BCUT2D eigenvalue weighted by Gasteiger charge is -2.20. The summed E-state index contributed by atoms with van der Waals surface area (Å²) < 4.78 is 8.89. The summed E-state index contributed by atoms with van der Waals surface area (Å²) in [5.41, 5.74) is 1.30.